The third-order valence-corrected chi connectivity index (χ3v) is 3.49. The summed E-state index contributed by atoms with van der Waals surface area (Å²) in [6, 6.07) is 6.06. The van der Waals surface area contributed by atoms with Crippen LogP contribution in [0.25, 0.3) is 5.57 Å². The maximum atomic E-state index is 10.6. The summed E-state index contributed by atoms with van der Waals surface area (Å²) in [6.07, 6.45) is 3.99. The molecular weight excluding hydrogens is 228 g/mol. The molecule has 1 N–H and O–H groups in total. The smallest absolute Gasteiger partial charge is 0.303 e. The molecule has 3 heteroatoms. The molecule has 0 fully saturated rings. The third-order valence-electron chi connectivity index (χ3n) is 3.49. The van der Waals surface area contributed by atoms with Gasteiger partial charge in [0.25, 0.3) is 0 Å². The van der Waals surface area contributed by atoms with Gasteiger partial charge >= 0.3 is 5.97 Å². The molecule has 18 heavy (non-hydrogen) atoms. The van der Waals surface area contributed by atoms with E-state index in [9.17, 15) is 4.79 Å². The van der Waals surface area contributed by atoms with E-state index >= 15 is 0 Å². The van der Waals surface area contributed by atoms with Crippen molar-refractivity contribution in [3.8, 4) is 5.75 Å². The minimum atomic E-state index is -0.735. The molecule has 0 aliphatic heterocycles. The van der Waals surface area contributed by atoms with Crippen LogP contribution >= 0.6 is 0 Å². The molecule has 0 bridgehead atoms. The van der Waals surface area contributed by atoms with E-state index in [1.165, 1.54) is 11.1 Å². The van der Waals surface area contributed by atoms with Crippen molar-refractivity contribution in [2.24, 2.45) is 5.92 Å². The molecule has 0 heterocycles. The molecule has 0 saturated heterocycles. The summed E-state index contributed by atoms with van der Waals surface area (Å²) < 4.78 is 5.41. The van der Waals surface area contributed by atoms with Gasteiger partial charge in [0.1, 0.15) is 5.75 Å². The average Bonchev–Trinajstić information content (AvgIpc) is 2.79. The second-order valence-corrected chi connectivity index (χ2v) is 4.69. The number of fused-ring (bicyclic) bond motifs is 1. The van der Waals surface area contributed by atoms with Crippen LogP contribution in [0.15, 0.2) is 24.3 Å². The summed E-state index contributed by atoms with van der Waals surface area (Å²) in [7, 11) is 1.67. The first-order valence-corrected chi connectivity index (χ1v) is 6.21. The fourth-order valence-electron chi connectivity index (χ4n) is 2.51. The molecule has 2 rings (SSSR count). The lowest BCUT2D eigenvalue weighted by Crippen LogP contribution is -2.04. The van der Waals surface area contributed by atoms with Gasteiger partial charge in [0.15, 0.2) is 0 Å². The van der Waals surface area contributed by atoms with E-state index in [-0.39, 0.29) is 12.3 Å². The Morgan fingerprint density at radius 3 is 2.94 bits per heavy atom. The number of hydrogen-bond acceptors (Lipinski definition) is 2. The van der Waals surface area contributed by atoms with Crippen molar-refractivity contribution in [3.63, 3.8) is 0 Å². The molecular formula is C15H18O3. The van der Waals surface area contributed by atoms with Crippen molar-refractivity contribution in [1.29, 1.82) is 0 Å². The molecule has 0 saturated carbocycles. The number of aliphatic carboxylic acids is 1. The van der Waals surface area contributed by atoms with Crippen LogP contribution in [0.3, 0.4) is 0 Å². The highest BCUT2D eigenvalue weighted by Gasteiger charge is 2.22. The van der Waals surface area contributed by atoms with E-state index in [1.807, 2.05) is 12.1 Å². The van der Waals surface area contributed by atoms with Gasteiger partial charge in [-0.25, -0.2) is 0 Å². The van der Waals surface area contributed by atoms with E-state index in [2.05, 4.69) is 19.1 Å². The zero-order chi connectivity index (χ0) is 13.1. The van der Waals surface area contributed by atoms with Gasteiger partial charge in [-0.15, -0.1) is 0 Å². The molecule has 1 aliphatic carbocycles. The van der Waals surface area contributed by atoms with Crippen molar-refractivity contribution in [2.75, 3.05) is 7.11 Å². The van der Waals surface area contributed by atoms with Crippen LogP contribution in [0.1, 0.15) is 30.9 Å². The van der Waals surface area contributed by atoms with E-state index in [0.29, 0.717) is 6.42 Å². The second kappa shape index (κ2) is 5.25. The predicted molar refractivity (Wildman–Crippen MR) is 70.7 cm³/mol. The molecule has 96 valence electrons. The Morgan fingerprint density at radius 1 is 1.50 bits per heavy atom. The number of carboxylic acid groups (broad SMARTS) is 1. The molecule has 0 radical (unpaired) electrons. The second-order valence-electron chi connectivity index (χ2n) is 4.69. The summed E-state index contributed by atoms with van der Waals surface area (Å²) in [5.74, 6) is 0.401. The van der Waals surface area contributed by atoms with Gasteiger partial charge in [0, 0.05) is 12.0 Å². The van der Waals surface area contributed by atoms with Crippen LogP contribution in [0, 0.1) is 5.92 Å². The van der Waals surface area contributed by atoms with E-state index < -0.39 is 5.97 Å². The molecule has 1 aliphatic rings. The first-order valence-electron chi connectivity index (χ1n) is 6.21. The average molecular weight is 246 g/mol. The lowest BCUT2D eigenvalue weighted by molar-refractivity contribution is -0.137. The fourth-order valence-corrected chi connectivity index (χ4v) is 2.51. The molecule has 1 unspecified atom stereocenters. The lowest BCUT2D eigenvalue weighted by atomic mass is 9.91. The van der Waals surface area contributed by atoms with E-state index in [4.69, 9.17) is 9.84 Å². The Labute approximate surface area is 107 Å². The number of methoxy groups -OCH3 is 1. The van der Waals surface area contributed by atoms with E-state index in [0.717, 1.165) is 17.7 Å². The normalized spacial score (nSPS) is 14.9. The number of ether oxygens (including phenoxy) is 1. The van der Waals surface area contributed by atoms with Gasteiger partial charge in [-0.1, -0.05) is 25.1 Å². The van der Waals surface area contributed by atoms with Gasteiger partial charge in [0.2, 0.25) is 0 Å². The molecule has 0 aromatic heterocycles. The zero-order valence-corrected chi connectivity index (χ0v) is 10.8. The first kappa shape index (κ1) is 12.7. The van der Waals surface area contributed by atoms with Crippen LogP contribution in [0.4, 0.5) is 0 Å². The number of hydrogen-bond donors (Lipinski definition) is 1. The summed E-state index contributed by atoms with van der Waals surface area (Å²) in [6.45, 7) is 2.08. The Balaban J connectivity index is 2.22. The highest BCUT2D eigenvalue weighted by atomic mass is 16.5. The molecule has 3 nitrogen and oxygen atoms in total. The summed E-state index contributed by atoms with van der Waals surface area (Å²) in [5.41, 5.74) is 3.66. The predicted octanol–water partition coefficient (Wildman–Crippen LogP) is 3.14. The maximum Gasteiger partial charge on any atom is 0.303 e. The number of rotatable bonds is 5. The Morgan fingerprint density at radius 2 is 2.28 bits per heavy atom. The van der Waals surface area contributed by atoms with Crippen molar-refractivity contribution >= 4 is 11.5 Å². The largest absolute Gasteiger partial charge is 0.496 e. The van der Waals surface area contributed by atoms with Gasteiger partial charge in [-0.3, -0.25) is 4.79 Å². The standard InChI is InChI=1S/C15H18O3/c1-10(6-9-14(16)17)12-8-7-11-4-3-5-13(18-2)15(11)12/h3-5,8,10H,6-7,9H2,1-2H3,(H,16,17). The Bertz CT molecular complexity index is 489. The number of carboxylic acids is 1. The number of benzene rings is 1. The van der Waals surface area contributed by atoms with Crippen molar-refractivity contribution < 1.29 is 14.6 Å². The minimum Gasteiger partial charge on any atom is -0.496 e. The van der Waals surface area contributed by atoms with Crippen LogP contribution < -0.4 is 4.74 Å². The molecule has 0 amide bonds. The summed E-state index contributed by atoms with van der Waals surface area (Å²) in [4.78, 5) is 10.6. The van der Waals surface area contributed by atoms with Crippen molar-refractivity contribution in [2.45, 2.75) is 26.2 Å². The number of allylic oxidation sites excluding steroid dienone is 2. The van der Waals surface area contributed by atoms with Crippen LogP contribution in [-0.4, -0.2) is 18.2 Å². The van der Waals surface area contributed by atoms with Gasteiger partial charge in [-0.2, -0.15) is 0 Å². The summed E-state index contributed by atoms with van der Waals surface area (Å²) in [5, 5.41) is 8.76. The lowest BCUT2D eigenvalue weighted by Gasteiger charge is -2.16. The maximum absolute atomic E-state index is 10.6. The van der Waals surface area contributed by atoms with Crippen molar-refractivity contribution in [1.82, 2.24) is 0 Å². The van der Waals surface area contributed by atoms with Crippen LogP contribution in [0.5, 0.6) is 5.75 Å². The molecule has 1 aromatic rings. The highest BCUT2D eigenvalue weighted by Crippen LogP contribution is 2.40. The minimum absolute atomic E-state index is 0.211. The first-order chi connectivity index (χ1) is 8.63. The van der Waals surface area contributed by atoms with Crippen LogP contribution in [0.2, 0.25) is 0 Å². The molecule has 1 atom stereocenters. The summed E-state index contributed by atoms with van der Waals surface area (Å²) >= 11 is 0. The van der Waals surface area contributed by atoms with Crippen LogP contribution in [-0.2, 0) is 11.2 Å². The highest BCUT2D eigenvalue weighted by molar-refractivity contribution is 5.79. The Hall–Kier alpha value is -1.77. The molecule has 1 aromatic carbocycles. The fraction of sp³-hybridized carbons (Fsp3) is 0.400. The van der Waals surface area contributed by atoms with Gasteiger partial charge in [-0.05, 0) is 36.0 Å². The Kier molecular flexibility index (Phi) is 3.70. The van der Waals surface area contributed by atoms with Gasteiger partial charge < -0.3 is 9.84 Å². The third kappa shape index (κ3) is 2.40. The molecule has 0 spiro atoms. The quantitative estimate of drug-likeness (QED) is 0.868. The van der Waals surface area contributed by atoms with E-state index in [1.54, 1.807) is 7.11 Å². The topological polar surface area (TPSA) is 46.5 Å². The van der Waals surface area contributed by atoms with Gasteiger partial charge in [0.05, 0.1) is 7.11 Å². The number of carbonyl (C=O) groups is 1. The zero-order valence-electron chi connectivity index (χ0n) is 10.8. The van der Waals surface area contributed by atoms with Crippen molar-refractivity contribution in [3.05, 3.63) is 35.4 Å². The monoisotopic (exact) mass is 246 g/mol. The SMILES string of the molecule is COc1cccc2c1C(C(C)CCC(=O)O)=CC2.